The molecular formula is C8H12N4O. The number of aromatic nitrogens is 1. The predicted molar refractivity (Wildman–Crippen MR) is 49.9 cm³/mol. The minimum Gasteiger partial charge on any atom is -0.394 e. The van der Waals surface area contributed by atoms with Crippen LogP contribution in [0.3, 0.4) is 0 Å². The summed E-state index contributed by atoms with van der Waals surface area (Å²) in [4.78, 5) is 7.71. The van der Waals surface area contributed by atoms with Crippen molar-refractivity contribution < 1.29 is 5.11 Å². The molecule has 13 heavy (non-hydrogen) atoms. The van der Waals surface area contributed by atoms with Crippen molar-refractivity contribution in [3.63, 3.8) is 0 Å². The van der Waals surface area contributed by atoms with Gasteiger partial charge in [0, 0.05) is 12.4 Å². The average molecular weight is 180 g/mol. The molecule has 0 aliphatic heterocycles. The summed E-state index contributed by atoms with van der Waals surface area (Å²) >= 11 is 0. The Morgan fingerprint density at radius 3 is 2.54 bits per heavy atom. The van der Waals surface area contributed by atoms with E-state index in [0.29, 0.717) is 0 Å². The molecule has 0 saturated heterocycles. The van der Waals surface area contributed by atoms with Gasteiger partial charge in [-0.25, -0.2) is 4.99 Å². The average Bonchev–Trinajstić information content (AvgIpc) is 2.15. The SMILES string of the molecule is NC(N)=NC(CO)c1ccncc1. The molecule has 1 aromatic heterocycles. The van der Waals surface area contributed by atoms with Gasteiger partial charge >= 0.3 is 0 Å². The highest BCUT2D eigenvalue weighted by Crippen LogP contribution is 2.14. The summed E-state index contributed by atoms with van der Waals surface area (Å²) in [6, 6.07) is 3.12. The molecule has 1 heterocycles. The lowest BCUT2D eigenvalue weighted by Crippen LogP contribution is -2.24. The van der Waals surface area contributed by atoms with Gasteiger partial charge in [-0.2, -0.15) is 0 Å². The third kappa shape index (κ3) is 2.72. The van der Waals surface area contributed by atoms with E-state index in [4.69, 9.17) is 16.6 Å². The lowest BCUT2D eigenvalue weighted by molar-refractivity contribution is 0.268. The van der Waals surface area contributed by atoms with Crippen molar-refractivity contribution in [2.45, 2.75) is 6.04 Å². The number of aliphatic imine (C=N–C) groups is 1. The molecule has 0 aromatic carbocycles. The highest BCUT2D eigenvalue weighted by Gasteiger charge is 2.07. The normalized spacial score (nSPS) is 12.1. The van der Waals surface area contributed by atoms with Crippen LogP contribution in [0.1, 0.15) is 11.6 Å². The summed E-state index contributed by atoms with van der Waals surface area (Å²) in [5, 5.41) is 8.99. The molecule has 1 rings (SSSR count). The van der Waals surface area contributed by atoms with Crippen molar-refractivity contribution in [1.29, 1.82) is 0 Å². The lowest BCUT2D eigenvalue weighted by Gasteiger charge is -2.08. The van der Waals surface area contributed by atoms with Gasteiger partial charge in [0.15, 0.2) is 5.96 Å². The van der Waals surface area contributed by atoms with Gasteiger partial charge in [-0.05, 0) is 17.7 Å². The first-order valence-corrected chi connectivity index (χ1v) is 3.83. The van der Waals surface area contributed by atoms with Crippen molar-refractivity contribution >= 4 is 5.96 Å². The Labute approximate surface area is 76.1 Å². The Balaban J connectivity index is 2.85. The van der Waals surface area contributed by atoms with Gasteiger partial charge in [-0.15, -0.1) is 0 Å². The predicted octanol–water partition coefficient (Wildman–Crippen LogP) is -0.612. The number of aliphatic hydroxyl groups is 1. The molecule has 0 fully saturated rings. The van der Waals surface area contributed by atoms with E-state index < -0.39 is 6.04 Å². The Kier molecular flexibility index (Phi) is 3.22. The van der Waals surface area contributed by atoms with Gasteiger partial charge in [0.2, 0.25) is 0 Å². The van der Waals surface area contributed by atoms with E-state index in [2.05, 4.69) is 9.98 Å². The van der Waals surface area contributed by atoms with Gasteiger partial charge in [0.1, 0.15) is 6.04 Å². The van der Waals surface area contributed by atoms with E-state index >= 15 is 0 Å². The van der Waals surface area contributed by atoms with Crippen LogP contribution in [0.25, 0.3) is 0 Å². The molecule has 5 N–H and O–H groups in total. The molecule has 0 radical (unpaired) electrons. The minimum absolute atomic E-state index is 0.0316. The molecule has 1 aromatic rings. The van der Waals surface area contributed by atoms with Crippen molar-refractivity contribution in [3.8, 4) is 0 Å². The second-order valence-electron chi connectivity index (χ2n) is 2.53. The second kappa shape index (κ2) is 4.42. The van der Waals surface area contributed by atoms with Crippen LogP contribution in [-0.2, 0) is 0 Å². The Hall–Kier alpha value is -1.62. The topological polar surface area (TPSA) is 97.5 Å². The zero-order valence-corrected chi connectivity index (χ0v) is 7.09. The quantitative estimate of drug-likeness (QED) is 0.427. The second-order valence-corrected chi connectivity index (χ2v) is 2.53. The van der Waals surface area contributed by atoms with Gasteiger partial charge in [-0.1, -0.05) is 0 Å². The molecule has 0 amide bonds. The molecule has 1 atom stereocenters. The van der Waals surface area contributed by atoms with E-state index in [-0.39, 0.29) is 12.6 Å². The van der Waals surface area contributed by atoms with Crippen LogP contribution < -0.4 is 11.5 Å². The molecule has 0 bridgehead atoms. The number of hydrogen-bond acceptors (Lipinski definition) is 3. The van der Waals surface area contributed by atoms with Gasteiger partial charge in [0.25, 0.3) is 0 Å². The Morgan fingerprint density at radius 1 is 1.46 bits per heavy atom. The summed E-state index contributed by atoms with van der Waals surface area (Å²) in [7, 11) is 0. The van der Waals surface area contributed by atoms with Crippen LogP contribution in [0.15, 0.2) is 29.5 Å². The maximum Gasteiger partial charge on any atom is 0.186 e. The first-order chi connectivity index (χ1) is 6.24. The van der Waals surface area contributed by atoms with E-state index in [1.165, 1.54) is 0 Å². The number of nitrogens with two attached hydrogens (primary N) is 2. The summed E-state index contributed by atoms with van der Waals surface area (Å²) < 4.78 is 0. The molecule has 0 saturated carbocycles. The van der Waals surface area contributed by atoms with Crippen LogP contribution in [0.5, 0.6) is 0 Å². The molecule has 0 aliphatic rings. The minimum atomic E-state index is -0.395. The van der Waals surface area contributed by atoms with Crippen LogP contribution in [0.4, 0.5) is 0 Å². The fraction of sp³-hybridized carbons (Fsp3) is 0.250. The van der Waals surface area contributed by atoms with Crippen LogP contribution in [0, 0.1) is 0 Å². The third-order valence-corrected chi connectivity index (χ3v) is 1.57. The zero-order chi connectivity index (χ0) is 9.68. The maximum absolute atomic E-state index is 8.99. The van der Waals surface area contributed by atoms with Crippen LogP contribution in [-0.4, -0.2) is 22.7 Å². The summed E-state index contributed by atoms with van der Waals surface area (Å²) in [6.45, 7) is -0.123. The van der Waals surface area contributed by atoms with E-state index in [1.807, 2.05) is 0 Å². The molecule has 0 spiro atoms. The summed E-state index contributed by atoms with van der Waals surface area (Å²) in [6.07, 6.45) is 3.25. The van der Waals surface area contributed by atoms with E-state index in [9.17, 15) is 0 Å². The fourth-order valence-corrected chi connectivity index (χ4v) is 0.986. The molecule has 70 valence electrons. The lowest BCUT2D eigenvalue weighted by atomic mass is 10.1. The molecule has 1 unspecified atom stereocenters. The first kappa shape index (κ1) is 9.47. The third-order valence-electron chi connectivity index (χ3n) is 1.57. The fourth-order valence-electron chi connectivity index (χ4n) is 0.986. The van der Waals surface area contributed by atoms with Crippen molar-refractivity contribution in [2.75, 3.05) is 6.61 Å². The standard InChI is InChI=1S/C8H12N4O/c9-8(10)12-7(5-13)6-1-3-11-4-2-6/h1-4,7,13H,5H2,(H4,9,10,12). The van der Waals surface area contributed by atoms with E-state index in [0.717, 1.165) is 5.56 Å². The smallest absolute Gasteiger partial charge is 0.186 e. The van der Waals surface area contributed by atoms with Crippen molar-refractivity contribution in [3.05, 3.63) is 30.1 Å². The largest absolute Gasteiger partial charge is 0.394 e. The van der Waals surface area contributed by atoms with Gasteiger partial charge < -0.3 is 16.6 Å². The zero-order valence-electron chi connectivity index (χ0n) is 7.09. The van der Waals surface area contributed by atoms with Crippen molar-refractivity contribution in [1.82, 2.24) is 4.98 Å². The Bertz CT molecular complexity index is 281. The summed E-state index contributed by atoms with van der Waals surface area (Å²) in [5.41, 5.74) is 11.3. The highest BCUT2D eigenvalue weighted by molar-refractivity contribution is 5.76. The summed E-state index contributed by atoms with van der Waals surface area (Å²) in [5.74, 6) is -0.0316. The molecular weight excluding hydrogens is 168 g/mol. The number of nitrogens with zero attached hydrogens (tertiary/aromatic N) is 2. The number of pyridine rings is 1. The molecule has 5 nitrogen and oxygen atoms in total. The number of aliphatic hydroxyl groups excluding tert-OH is 1. The first-order valence-electron chi connectivity index (χ1n) is 3.83. The molecule has 0 aliphatic carbocycles. The van der Waals surface area contributed by atoms with E-state index in [1.54, 1.807) is 24.5 Å². The Morgan fingerprint density at radius 2 is 2.08 bits per heavy atom. The van der Waals surface area contributed by atoms with Crippen LogP contribution >= 0.6 is 0 Å². The monoisotopic (exact) mass is 180 g/mol. The van der Waals surface area contributed by atoms with Crippen molar-refractivity contribution in [2.24, 2.45) is 16.5 Å². The van der Waals surface area contributed by atoms with Crippen LogP contribution in [0.2, 0.25) is 0 Å². The highest BCUT2D eigenvalue weighted by atomic mass is 16.3. The number of guanidine groups is 1. The van der Waals surface area contributed by atoms with Gasteiger partial charge in [-0.3, -0.25) is 4.98 Å². The molecule has 5 heteroatoms. The maximum atomic E-state index is 8.99. The number of hydrogen-bond donors (Lipinski definition) is 3. The number of rotatable bonds is 3. The van der Waals surface area contributed by atoms with Gasteiger partial charge in [0.05, 0.1) is 6.61 Å².